The molecule has 0 aliphatic heterocycles. The number of carbonyl (C=O) groups is 2. The highest BCUT2D eigenvalue weighted by Crippen LogP contribution is 2.23. The molecule has 26 heavy (non-hydrogen) atoms. The molecule has 0 unspecified atom stereocenters. The standard InChI is InChI=1S/C16H8F6O4/c17-7-1-3-9(15(21)13(7)19)25-11(23)5-6-12(24)26-10-4-2-8(18)14(20)16(10)22/h1-4H,5-6H2. The van der Waals surface area contributed by atoms with E-state index in [-0.39, 0.29) is 0 Å². The highest BCUT2D eigenvalue weighted by molar-refractivity contribution is 5.80. The predicted molar refractivity (Wildman–Crippen MR) is 73.1 cm³/mol. The summed E-state index contributed by atoms with van der Waals surface area (Å²) in [4.78, 5) is 23.0. The highest BCUT2D eigenvalue weighted by Gasteiger charge is 2.20. The molecule has 10 heteroatoms. The lowest BCUT2D eigenvalue weighted by molar-refractivity contribution is -0.140. The summed E-state index contributed by atoms with van der Waals surface area (Å²) < 4.78 is 87.0. The van der Waals surface area contributed by atoms with E-state index in [1.165, 1.54) is 0 Å². The first-order valence-electron chi connectivity index (χ1n) is 6.89. The Balaban J connectivity index is 1.92. The number of hydrogen-bond donors (Lipinski definition) is 0. The van der Waals surface area contributed by atoms with Gasteiger partial charge in [-0.15, -0.1) is 0 Å². The lowest BCUT2D eigenvalue weighted by atomic mass is 10.3. The molecule has 0 spiro atoms. The molecule has 0 aliphatic carbocycles. The number of carbonyl (C=O) groups excluding carboxylic acids is 2. The van der Waals surface area contributed by atoms with Gasteiger partial charge in [-0.25, -0.2) is 17.6 Å². The Morgan fingerprint density at radius 2 is 0.962 bits per heavy atom. The van der Waals surface area contributed by atoms with Crippen molar-refractivity contribution in [1.29, 1.82) is 0 Å². The molecule has 0 fully saturated rings. The van der Waals surface area contributed by atoms with Crippen molar-refractivity contribution >= 4 is 11.9 Å². The summed E-state index contributed by atoms with van der Waals surface area (Å²) in [5, 5.41) is 0. The minimum atomic E-state index is -1.84. The molecule has 2 aromatic carbocycles. The van der Waals surface area contributed by atoms with Crippen LogP contribution in [-0.2, 0) is 9.59 Å². The van der Waals surface area contributed by atoms with E-state index in [4.69, 9.17) is 0 Å². The summed E-state index contributed by atoms with van der Waals surface area (Å²) in [5.41, 5.74) is 0. The highest BCUT2D eigenvalue weighted by atomic mass is 19.2. The Hall–Kier alpha value is -3.04. The summed E-state index contributed by atoms with van der Waals surface area (Å²) >= 11 is 0. The third-order valence-corrected chi connectivity index (χ3v) is 2.98. The van der Waals surface area contributed by atoms with Gasteiger partial charge in [0.05, 0.1) is 12.8 Å². The monoisotopic (exact) mass is 378 g/mol. The van der Waals surface area contributed by atoms with Gasteiger partial charge in [0.1, 0.15) is 0 Å². The number of halogens is 6. The number of ether oxygens (including phenoxy) is 2. The third-order valence-electron chi connectivity index (χ3n) is 2.98. The molecule has 0 heterocycles. The van der Waals surface area contributed by atoms with Crippen LogP contribution in [0, 0.1) is 34.9 Å². The lowest BCUT2D eigenvalue weighted by Gasteiger charge is -2.07. The zero-order valence-corrected chi connectivity index (χ0v) is 12.6. The average Bonchev–Trinajstić information content (AvgIpc) is 2.61. The minimum absolute atomic E-state index is 0.529. The van der Waals surface area contributed by atoms with Gasteiger partial charge in [-0.3, -0.25) is 9.59 Å². The van der Waals surface area contributed by atoms with Crippen molar-refractivity contribution in [3.63, 3.8) is 0 Å². The van der Waals surface area contributed by atoms with Crippen molar-refractivity contribution in [2.75, 3.05) is 0 Å². The van der Waals surface area contributed by atoms with Crippen molar-refractivity contribution in [1.82, 2.24) is 0 Å². The number of benzene rings is 2. The van der Waals surface area contributed by atoms with Gasteiger partial charge in [0.2, 0.25) is 11.6 Å². The Bertz CT molecular complexity index is 797. The molecule has 0 N–H and O–H groups in total. The van der Waals surface area contributed by atoms with Gasteiger partial charge in [0.15, 0.2) is 34.8 Å². The van der Waals surface area contributed by atoms with E-state index >= 15 is 0 Å². The average molecular weight is 378 g/mol. The third kappa shape index (κ3) is 4.32. The van der Waals surface area contributed by atoms with Crippen LogP contribution in [0.1, 0.15) is 12.8 Å². The van der Waals surface area contributed by atoms with Gasteiger partial charge in [-0.05, 0) is 24.3 Å². The van der Waals surface area contributed by atoms with Crippen LogP contribution in [0.3, 0.4) is 0 Å². The van der Waals surface area contributed by atoms with E-state index in [2.05, 4.69) is 9.47 Å². The van der Waals surface area contributed by atoms with Gasteiger partial charge >= 0.3 is 11.9 Å². The second-order valence-corrected chi connectivity index (χ2v) is 4.80. The van der Waals surface area contributed by atoms with Gasteiger partial charge < -0.3 is 9.47 Å². The molecule has 2 rings (SSSR count). The van der Waals surface area contributed by atoms with Crippen molar-refractivity contribution in [3.05, 3.63) is 59.2 Å². The maximum Gasteiger partial charge on any atom is 0.311 e. The van der Waals surface area contributed by atoms with Crippen LogP contribution >= 0.6 is 0 Å². The normalized spacial score (nSPS) is 10.5. The van der Waals surface area contributed by atoms with Gasteiger partial charge in [0, 0.05) is 0 Å². The maximum absolute atomic E-state index is 13.3. The van der Waals surface area contributed by atoms with Crippen LogP contribution < -0.4 is 9.47 Å². The van der Waals surface area contributed by atoms with Crippen molar-refractivity contribution < 1.29 is 45.4 Å². The second-order valence-electron chi connectivity index (χ2n) is 4.80. The zero-order valence-electron chi connectivity index (χ0n) is 12.6. The largest absolute Gasteiger partial charge is 0.423 e. The Kier molecular flexibility index (Phi) is 5.86. The van der Waals surface area contributed by atoms with Crippen molar-refractivity contribution in [2.24, 2.45) is 0 Å². The van der Waals surface area contributed by atoms with E-state index < -0.39 is 71.2 Å². The summed E-state index contributed by atoms with van der Waals surface area (Å²) in [6.07, 6.45) is -1.38. The smallest absolute Gasteiger partial charge is 0.311 e. The fraction of sp³-hybridized carbons (Fsp3) is 0.125. The van der Waals surface area contributed by atoms with Crippen molar-refractivity contribution in [2.45, 2.75) is 12.8 Å². The molecule has 0 bridgehead atoms. The first-order valence-corrected chi connectivity index (χ1v) is 6.89. The van der Waals surface area contributed by atoms with Gasteiger partial charge in [-0.2, -0.15) is 8.78 Å². The van der Waals surface area contributed by atoms with Crippen LogP contribution in [0.15, 0.2) is 24.3 Å². The van der Waals surface area contributed by atoms with E-state index in [9.17, 15) is 35.9 Å². The topological polar surface area (TPSA) is 52.6 Å². The Labute approximate surface area is 141 Å². The van der Waals surface area contributed by atoms with Crippen LogP contribution in [0.25, 0.3) is 0 Å². The molecule has 0 saturated heterocycles. The summed E-state index contributed by atoms with van der Waals surface area (Å²) in [5.74, 6) is -14.3. The van der Waals surface area contributed by atoms with Crippen LogP contribution in [-0.4, -0.2) is 11.9 Å². The second kappa shape index (κ2) is 7.89. The maximum atomic E-state index is 13.3. The zero-order chi connectivity index (χ0) is 19.4. The molecule has 0 amide bonds. The number of hydrogen-bond acceptors (Lipinski definition) is 4. The van der Waals surface area contributed by atoms with Crippen LogP contribution in [0.2, 0.25) is 0 Å². The summed E-state index contributed by atoms with van der Waals surface area (Å²) in [6.45, 7) is 0. The number of esters is 2. The SMILES string of the molecule is O=C(CCC(=O)Oc1ccc(F)c(F)c1F)Oc1ccc(F)c(F)c1F. The molecule has 0 saturated carbocycles. The molecule has 138 valence electrons. The van der Waals surface area contributed by atoms with E-state index in [0.717, 1.165) is 0 Å². The first-order chi connectivity index (χ1) is 12.2. The fourth-order valence-corrected chi connectivity index (χ4v) is 1.73. The molecule has 0 radical (unpaired) electrons. The predicted octanol–water partition coefficient (Wildman–Crippen LogP) is 3.81. The first kappa shape index (κ1) is 19.3. The molecule has 4 nitrogen and oxygen atoms in total. The molecule has 0 aromatic heterocycles. The van der Waals surface area contributed by atoms with E-state index in [1.54, 1.807) is 0 Å². The minimum Gasteiger partial charge on any atom is -0.423 e. The number of rotatable bonds is 5. The van der Waals surface area contributed by atoms with Crippen LogP contribution in [0.4, 0.5) is 26.3 Å². The van der Waals surface area contributed by atoms with Crippen LogP contribution in [0.5, 0.6) is 11.5 Å². The molecule has 0 aliphatic rings. The quantitative estimate of drug-likeness (QED) is 0.344. The molecular weight excluding hydrogens is 370 g/mol. The summed E-state index contributed by atoms with van der Waals surface area (Å²) in [6, 6.07) is 2.39. The molecular formula is C16H8F6O4. The fourth-order valence-electron chi connectivity index (χ4n) is 1.73. The lowest BCUT2D eigenvalue weighted by Crippen LogP contribution is -2.15. The molecule has 2 aromatic rings. The van der Waals surface area contributed by atoms with E-state index in [1.807, 2.05) is 0 Å². The molecule has 0 atom stereocenters. The van der Waals surface area contributed by atoms with Gasteiger partial charge in [-0.1, -0.05) is 0 Å². The van der Waals surface area contributed by atoms with E-state index in [0.29, 0.717) is 24.3 Å². The summed E-state index contributed by atoms with van der Waals surface area (Å²) in [7, 11) is 0. The van der Waals surface area contributed by atoms with Crippen molar-refractivity contribution in [3.8, 4) is 11.5 Å². The van der Waals surface area contributed by atoms with Gasteiger partial charge in [0.25, 0.3) is 0 Å². The Morgan fingerprint density at radius 1 is 0.615 bits per heavy atom. The Morgan fingerprint density at radius 3 is 1.31 bits per heavy atom.